The lowest BCUT2D eigenvalue weighted by atomic mass is 10.3. The molecule has 6 nitrogen and oxygen atoms in total. The van der Waals surface area contributed by atoms with Gasteiger partial charge in [-0.15, -0.1) is 0 Å². The number of aryl methyl sites for hydroxylation is 1. The Morgan fingerprint density at radius 2 is 2.00 bits per heavy atom. The van der Waals surface area contributed by atoms with Crippen LogP contribution in [0.25, 0.3) is 0 Å². The summed E-state index contributed by atoms with van der Waals surface area (Å²) >= 11 is 0. The van der Waals surface area contributed by atoms with E-state index in [0.29, 0.717) is 23.0 Å². The number of nitrogens with one attached hydrogen (secondary N) is 1. The molecule has 0 aliphatic carbocycles. The molecule has 7 heteroatoms. The van der Waals surface area contributed by atoms with Gasteiger partial charge in [-0.1, -0.05) is 22.9 Å². The minimum atomic E-state index is -3.17. The fourth-order valence-corrected chi connectivity index (χ4v) is 2.59. The standard InChI is InChI=1S/C13H18N2O4S/c1-3-8-18-11-4-6-12(7-5-11)20(16,17)15-13-9-10(2)19-14-13/h4-7,9,16-17H,3,8H2,1-2H3,(H,14,15). The lowest BCUT2D eigenvalue weighted by molar-refractivity contribution is 0.317. The lowest BCUT2D eigenvalue weighted by Crippen LogP contribution is -2.09. The normalized spacial score (nSPS) is 12.2. The van der Waals surface area contributed by atoms with E-state index in [1.165, 1.54) is 0 Å². The highest BCUT2D eigenvalue weighted by molar-refractivity contribution is 8.25. The third kappa shape index (κ3) is 3.66. The molecule has 2 aromatic rings. The second kappa shape index (κ2) is 6.17. The van der Waals surface area contributed by atoms with Crippen LogP contribution in [0.2, 0.25) is 0 Å². The Morgan fingerprint density at radius 1 is 1.30 bits per heavy atom. The number of hydrogen-bond donors (Lipinski definition) is 3. The van der Waals surface area contributed by atoms with Crippen molar-refractivity contribution in [1.82, 2.24) is 5.16 Å². The molecule has 0 amide bonds. The Labute approximate surface area is 119 Å². The number of hydrogen-bond acceptors (Lipinski definition) is 6. The molecule has 0 saturated heterocycles. The van der Waals surface area contributed by atoms with Crippen LogP contribution in [0.1, 0.15) is 19.1 Å². The number of aromatic nitrogens is 1. The highest BCUT2D eigenvalue weighted by Gasteiger charge is 2.17. The molecular weight excluding hydrogens is 280 g/mol. The summed E-state index contributed by atoms with van der Waals surface area (Å²) in [5, 5.41) is 3.67. The highest BCUT2D eigenvalue weighted by Crippen LogP contribution is 2.47. The van der Waals surface area contributed by atoms with Gasteiger partial charge in [0.15, 0.2) is 5.82 Å². The lowest BCUT2D eigenvalue weighted by Gasteiger charge is -2.32. The summed E-state index contributed by atoms with van der Waals surface area (Å²) in [6.45, 7) is 4.38. The van der Waals surface area contributed by atoms with Crippen molar-refractivity contribution in [3.8, 4) is 5.75 Å². The zero-order chi connectivity index (χ0) is 14.6. The second-order valence-corrected chi connectivity index (χ2v) is 6.07. The predicted octanol–water partition coefficient (Wildman–Crippen LogP) is 3.91. The summed E-state index contributed by atoms with van der Waals surface area (Å²) in [5.74, 6) is 1.57. The van der Waals surface area contributed by atoms with Crippen molar-refractivity contribution in [2.24, 2.45) is 0 Å². The average Bonchev–Trinajstić information content (AvgIpc) is 2.81. The van der Waals surface area contributed by atoms with E-state index in [4.69, 9.17) is 9.26 Å². The molecule has 110 valence electrons. The van der Waals surface area contributed by atoms with E-state index in [0.717, 1.165) is 6.42 Å². The second-order valence-electron chi connectivity index (χ2n) is 4.29. The maximum atomic E-state index is 10.1. The van der Waals surface area contributed by atoms with Gasteiger partial charge in [0.1, 0.15) is 11.5 Å². The minimum absolute atomic E-state index is 0.286. The molecule has 2 rings (SSSR count). The van der Waals surface area contributed by atoms with Crippen LogP contribution in [0.3, 0.4) is 0 Å². The van der Waals surface area contributed by atoms with Gasteiger partial charge >= 0.3 is 0 Å². The third-order valence-electron chi connectivity index (χ3n) is 2.50. The Kier molecular flexibility index (Phi) is 4.53. The van der Waals surface area contributed by atoms with Gasteiger partial charge in [-0.25, -0.2) is 0 Å². The Bertz CT molecular complexity index is 554. The van der Waals surface area contributed by atoms with Gasteiger partial charge in [-0.05, 0) is 37.6 Å². The van der Waals surface area contributed by atoms with Gasteiger partial charge < -0.3 is 9.26 Å². The quantitative estimate of drug-likeness (QED) is 0.749. The van der Waals surface area contributed by atoms with Gasteiger partial charge in [0.05, 0.1) is 11.5 Å². The fourth-order valence-electron chi connectivity index (χ4n) is 1.56. The van der Waals surface area contributed by atoms with Crippen molar-refractivity contribution in [2.45, 2.75) is 25.2 Å². The van der Waals surface area contributed by atoms with Crippen molar-refractivity contribution >= 4 is 16.6 Å². The van der Waals surface area contributed by atoms with Crippen LogP contribution in [0.4, 0.5) is 5.82 Å². The van der Waals surface area contributed by atoms with Crippen LogP contribution in [0, 0.1) is 6.92 Å². The first-order valence-electron chi connectivity index (χ1n) is 6.23. The molecule has 20 heavy (non-hydrogen) atoms. The maximum absolute atomic E-state index is 10.1. The topological polar surface area (TPSA) is 87.8 Å². The molecule has 0 fully saturated rings. The van der Waals surface area contributed by atoms with E-state index in [1.54, 1.807) is 37.3 Å². The molecule has 1 heterocycles. The van der Waals surface area contributed by atoms with Crippen LogP contribution in [-0.2, 0) is 0 Å². The molecule has 0 aliphatic heterocycles. The van der Waals surface area contributed by atoms with Gasteiger partial charge in [0, 0.05) is 6.07 Å². The summed E-state index contributed by atoms with van der Waals surface area (Å²) in [4.78, 5) is 0.363. The van der Waals surface area contributed by atoms with Gasteiger partial charge in [-0.3, -0.25) is 13.8 Å². The van der Waals surface area contributed by atoms with E-state index in [1.807, 2.05) is 6.92 Å². The molecule has 0 saturated carbocycles. The first-order chi connectivity index (χ1) is 9.51. The molecule has 0 atom stereocenters. The zero-order valence-electron chi connectivity index (χ0n) is 11.4. The van der Waals surface area contributed by atoms with Crippen molar-refractivity contribution in [3.63, 3.8) is 0 Å². The van der Waals surface area contributed by atoms with Crippen LogP contribution in [0.15, 0.2) is 39.8 Å². The molecule has 1 aromatic heterocycles. The largest absolute Gasteiger partial charge is 0.494 e. The van der Waals surface area contributed by atoms with Crippen molar-refractivity contribution in [3.05, 3.63) is 36.1 Å². The molecule has 0 unspecified atom stereocenters. The number of rotatable bonds is 6. The Hall–Kier alpha value is -1.70. The molecule has 0 radical (unpaired) electrons. The van der Waals surface area contributed by atoms with Crippen LogP contribution in [-0.4, -0.2) is 20.9 Å². The number of nitrogens with zero attached hydrogens (tertiary/aromatic N) is 1. The van der Waals surface area contributed by atoms with E-state index >= 15 is 0 Å². The van der Waals surface area contributed by atoms with Crippen molar-refractivity contribution < 1.29 is 18.4 Å². The van der Waals surface area contributed by atoms with Gasteiger partial charge in [-0.2, -0.15) is 0 Å². The Morgan fingerprint density at radius 3 is 2.55 bits per heavy atom. The third-order valence-corrected chi connectivity index (χ3v) is 3.92. The monoisotopic (exact) mass is 298 g/mol. The predicted molar refractivity (Wildman–Crippen MR) is 78.2 cm³/mol. The summed E-state index contributed by atoms with van der Waals surface area (Å²) in [6, 6.07) is 8.22. The van der Waals surface area contributed by atoms with E-state index in [-0.39, 0.29) is 5.82 Å². The number of ether oxygens (including phenoxy) is 1. The molecular formula is C13H18N2O4S. The van der Waals surface area contributed by atoms with Gasteiger partial charge in [0.2, 0.25) is 0 Å². The summed E-state index contributed by atoms with van der Waals surface area (Å²) < 4.78 is 33.1. The SMILES string of the molecule is CCCOc1ccc(S(O)(O)Nc2cc(C)on2)cc1. The molecule has 3 N–H and O–H groups in total. The van der Waals surface area contributed by atoms with Crippen LogP contribution >= 0.6 is 10.8 Å². The minimum Gasteiger partial charge on any atom is -0.494 e. The first-order valence-corrected chi connectivity index (χ1v) is 7.78. The number of benzene rings is 1. The first kappa shape index (κ1) is 14.7. The molecule has 0 spiro atoms. The highest BCUT2D eigenvalue weighted by atomic mass is 32.3. The average molecular weight is 298 g/mol. The van der Waals surface area contributed by atoms with Crippen LogP contribution < -0.4 is 9.46 Å². The summed E-state index contributed by atoms with van der Waals surface area (Å²) in [6.07, 6.45) is 0.921. The van der Waals surface area contributed by atoms with E-state index in [9.17, 15) is 9.11 Å². The van der Waals surface area contributed by atoms with Crippen molar-refractivity contribution in [1.29, 1.82) is 0 Å². The zero-order valence-corrected chi connectivity index (χ0v) is 12.2. The van der Waals surface area contributed by atoms with Gasteiger partial charge in [0.25, 0.3) is 0 Å². The van der Waals surface area contributed by atoms with Crippen molar-refractivity contribution in [2.75, 3.05) is 11.3 Å². The molecule has 0 aliphatic rings. The molecule has 1 aromatic carbocycles. The van der Waals surface area contributed by atoms with E-state index < -0.39 is 10.8 Å². The smallest absolute Gasteiger partial charge is 0.187 e. The van der Waals surface area contributed by atoms with Crippen LogP contribution in [0.5, 0.6) is 5.75 Å². The maximum Gasteiger partial charge on any atom is 0.187 e. The molecule has 0 bridgehead atoms. The van der Waals surface area contributed by atoms with E-state index in [2.05, 4.69) is 9.88 Å². The Balaban J connectivity index is 2.08. The number of anilines is 1. The summed E-state index contributed by atoms with van der Waals surface area (Å²) in [5.41, 5.74) is 0. The summed E-state index contributed by atoms with van der Waals surface area (Å²) in [7, 11) is -3.17. The fraction of sp³-hybridized carbons (Fsp3) is 0.308.